The fourth-order valence-corrected chi connectivity index (χ4v) is 2.43. The average molecular weight is 342 g/mol. The van der Waals surface area contributed by atoms with Gasteiger partial charge in [-0.15, -0.1) is 0 Å². The number of carbonyl (C=O) groups is 1. The first-order valence-corrected chi connectivity index (χ1v) is 7.56. The number of benzene rings is 2. The van der Waals surface area contributed by atoms with Crippen molar-refractivity contribution in [1.82, 2.24) is 9.97 Å². The summed E-state index contributed by atoms with van der Waals surface area (Å²) in [6.07, 6.45) is 3.20. The molecule has 0 unspecified atom stereocenters. The first kappa shape index (κ1) is 13.7. The lowest BCUT2D eigenvalue weighted by molar-refractivity contribution is 0.102. The van der Waals surface area contributed by atoms with E-state index in [0.29, 0.717) is 16.6 Å². The normalized spacial score (nSPS) is 10.5. The fourth-order valence-electron chi connectivity index (χ4n) is 2.05. The van der Waals surface area contributed by atoms with E-state index in [9.17, 15) is 4.79 Å². The van der Waals surface area contributed by atoms with E-state index in [1.807, 2.05) is 30.3 Å². The van der Waals surface area contributed by atoms with Crippen LogP contribution >= 0.6 is 15.9 Å². The summed E-state index contributed by atoms with van der Waals surface area (Å²) in [5.74, 6) is -0.187. The van der Waals surface area contributed by atoms with Crippen molar-refractivity contribution in [2.24, 2.45) is 0 Å². The molecule has 4 nitrogen and oxygen atoms in total. The molecule has 0 fully saturated rings. The van der Waals surface area contributed by atoms with E-state index in [1.165, 1.54) is 0 Å². The first-order chi connectivity index (χ1) is 10.3. The lowest BCUT2D eigenvalue weighted by Crippen LogP contribution is -2.12. The van der Waals surface area contributed by atoms with Crippen LogP contribution in [-0.4, -0.2) is 15.9 Å². The second-order valence-electron chi connectivity index (χ2n) is 4.51. The predicted molar refractivity (Wildman–Crippen MR) is 86.6 cm³/mol. The van der Waals surface area contributed by atoms with Crippen LogP contribution in [0.15, 0.2) is 54.9 Å². The van der Waals surface area contributed by atoms with Gasteiger partial charge in [0.1, 0.15) is 5.52 Å². The van der Waals surface area contributed by atoms with Crippen LogP contribution in [0.2, 0.25) is 0 Å². The van der Waals surface area contributed by atoms with Crippen LogP contribution < -0.4 is 5.32 Å². The molecule has 0 aliphatic carbocycles. The third-order valence-electron chi connectivity index (χ3n) is 3.11. The van der Waals surface area contributed by atoms with Crippen molar-refractivity contribution < 1.29 is 4.79 Å². The predicted octanol–water partition coefficient (Wildman–Crippen LogP) is 3.78. The van der Waals surface area contributed by atoms with E-state index in [4.69, 9.17) is 0 Å². The summed E-state index contributed by atoms with van der Waals surface area (Å²) >= 11 is 3.39. The smallest absolute Gasteiger partial charge is 0.257 e. The molecule has 0 bridgehead atoms. The van der Waals surface area contributed by atoms with E-state index in [2.05, 4.69) is 31.2 Å². The number of fused-ring (bicyclic) bond motifs is 1. The summed E-state index contributed by atoms with van der Waals surface area (Å²) in [7, 11) is 0. The van der Waals surface area contributed by atoms with Gasteiger partial charge in [-0.2, -0.15) is 0 Å². The highest BCUT2D eigenvalue weighted by Gasteiger charge is 2.11. The number of aromatic nitrogens is 2. The topological polar surface area (TPSA) is 54.9 Å². The molecule has 3 aromatic rings. The van der Waals surface area contributed by atoms with Crippen molar-refractivity contribution in [3.63, 3.8) is 0 Å². The molecule has 5 heteroatoms. The average Bonchev–Trinajstić information content (AvgIpc) is 2.55. The highest BCUT2D eigenvalue weighted by Crippen LogP contribution is 2.17. The molecule has 3 rings (SSSR count). The van der Waals surface area contributed by atoms with Crippen molar-refractivity contribution in [3.05, 3.63) is 66.0 Å². The van der Waals surface area contributed by atoms with Crippen molar-refractivity contribution in [2.45, 2.75) is 5.33 Å². The minimum Gasteiger partial charge on any atom is -0.322 e. The van der Waals surface area contributed by atoms with Gasteiger partial charge >= 0.3 is 0 Å². The van der Waals surface area contributed by atoms with Gasteiger partial charge in [0.15, 0.2) is 0 Å². The fraction of sp³-hybridized carbons (Fsp3) is 0.0625. The Balaban J connectivity index is 1.90. The quantitative estimate of drug-likeness (QED) is 0.737. The van der Waals surface area contributed by atoms with Crippen LogP contribution in [0.25, 0.3) is 11.0 Å². The zero-order valence-corrected chi connectivity index (χ0v) is 12.7. The maximum Gasteiger partial charge on any atom is 0.257 e. The molecular weight excluding hydrogens is 330 g/mol. The number of hydrogen-bond donors (Lipinski definition) is 1. The van der Waals surface area contributed by atoms with E-state index < -0.39 is 0 Å². The zero-order valence-electron chi connectivity index (χ0n) is 11.1. The summed E-state index contributed by atoms with van der Waals surface area (Å²) in [4.78, 5) is 20.8. The van der Waals surface area contributed by atoms with E-state index in [1.54, 1.807) is 24.5 Å². The number of nitrogens with zero attached hydrogens (tertiary/aromatic N) is 2. The van der Waals surface area contributed by atoms with E-state index in [-0.39, 0.29) is 5.91 Å². The van der Waals surface area contributed by atoms with Crippen LogP contribution in [0.1, 0.15) is 15.9 Å². The Hall–Kier alpha value is -2.27. The Morgan fingerprint density at radius 2 is 1.81 bits per heavy atom. The molecule has 0 atom stereocenters. The number of para-hydroxylation sites is 1. The zero-order chi connectivity index (χ0) is 14.7. The van der Waals surface area contributed by atoms with Crippen molar-refractivity contribution in [3.8, 4) is 0 Å². The molecule has 0 spiro atoms. The van der Waals surface area contributed by atoms with Crippen LogP contribution in [0.3, 0.4) is 0 Å². The van der Waals surface area contributed by atoms with E-state index >= 15 is 0 Å². The largest absolute Gasteiger partial charge is 0.322 e. The summed E-state index contributed by atoms with van der Waals surface area (Å²) in [6, 6.07) is 13.1. The second-order valence-corrected chi connectivity index (χ2v) is 5.08. The number of alkyl halides is 1. The molecule has 0 saturated heterocycles. The molecule has 1 heterocycles. The maximum absolute atomic E-state index is 12.4. The van der Waals surface area contributed by atoms with Crippen LogP contribution in [0, 0.1) is 0 Å². The molecule has 1 N–H and O–H groups in total. The molecule has 1 amide bonds. The standard InChI is InChI=1S/C16H12BrN3O/c17-10-11-4-6-12(7-5-11)20-16(21)13-2-1-3-14-15(13)19-9-8-18-14/h1-9H,10H2,(H,20,21). The minimum atomic E-state index is -0.187. The van der Waals surface area contributed by atoms with Gasteiger partial charge in [-0.05, 0) is 29.8 Å². The van der Waals surface area contributed by atoms with Crippen molar-refractivity contribution in [1.29, 1.82) is 0 Å². The van der Waals surface area contributed by atoms with Gasteiger partial charge in [0.05, 0.1) is 11.1 Å². The molecule has 104 valence electrons. The third-order valence-corrected chi connectivity index (χ3v) is 3.76. The molecule has 0 aliphatic rings. The monoisotopic (exact) mass is 341 g/mol. The number of hydrogen-bond acceptors (Lipinski definition) is 3. The summed E-state index contributed by atoms with van der Waals surface area (Å²) in [5, 5.41) is 3.67. The van der Waals surface area contributed by atoms with Gasteiger partial charge in [-0.3, -0.25) is 14.8 Å². The summed E-state index contributed by atoms with van der Waals surface area (Å²) < 4.78 is 0. The molecule has 0 radical (unpaired) electrons. The first-order valence-electron chi connectivity index (χ1n) is 6.44. The van der Waals surface area contributed by atoms with Crippen LogP contribution in [0.4, 0.5) is 5.69 Å². The van der Waals surface area contributed by atoms with Crippen molar-refractivity contribution >= 4 is 38.6 Å². The Kier molecular flexibility index (Phi) is 3.92. The van der Waals surface area contributed by atoms with Gasteiger partial charge in [-0.1, -0.05) is 34.1 Å². The third kappa shape index (κ3) is 2.92. The number of halogens is 1. The number of nitrogens with one attached hydrogen (secondary N) is 1. The van der Waals surface area contributed by atoms with Crippen LogP contribution in [-0.2, 0) is 5.33 Å². The number of anilines is 1. The summed E-state index contributed by atoms with van der Waals surface area (Å²) in [6.45, 7) is 0. The van der Waals surface area contributed by atoms with Crippen molar-refractivity contribution in [2.75, 3.05) is 5.32 Å². The number of amides is 1. The highest BCUT2D eigenvalue weighted by molar-refractivity contribution is 9.08. The lowest BCUT2D eigenvalue weighted by atomic mass is 10.1. The second kappa shape index (κ2) is 6.01. The van der Waals surface area contributed by atoms with Gasteiger partial charge in [0.2, 0.25) is 0 Å². The Morgan fingerprint density at radius 3 is 2.57 bits per heavy atom. The Labute approximate surface area is 130 Å². The molecule has 0 saturated carbocycles. The number of rotatable bonds is 3. The van der Waals surface area contributed by atoms with Gasteiger partial charge < -0.3 is 5.32 Å². The minimum absolute atomic E-state index is 0.187. The molecule has 0 aliphatic heterocycles. The number of carbonyl (C=O) groups excluding carboxylic acids is 1. The Morgan fingerprint density at radius 1 is 1.05 bits per heavy atom. The van der Waals surface area contributed by atoms with E-state index in [0.717, 1.165) is 16.6 Å². The lowest BCUT2D eigenvalue weighted by Gasteiger charge is -2.07. The van der Waals surface area contributed by atoms with Gasteiger partial charge in [0.25, 0.3) is 5.91 Å². The Bertz CT molecular complexity index is 782. The maximum atomic E-state index is 12.4. The van der Waals surface area contributed by atoms with Gasteiger partial charge in [0, 0.05) is 23.4 Å². The molecular formula is C16H12BrN3O. The molecule has 21 heavy (non-hydrogen) atoms. The molecule has 2 aromatic carbocycles. The highest BCUT2D eigenvalue weighted by atomic mass is 79.9. The SMILES string of the molecule is O=C(Nc1ccc(CBr)cc1)c1cccc2nccnc12. The molecule has 1 aromatic heterocycles. The van der Waals surface area contributed by atoms with Crippen LogP contribution in [0.5, 0.6) is 0 Å². The summed E-state index contributed by atoms with van der Waals surface area (Å²) in [5.41, 5.74) is 3.74. The van der Waals surface area contributed by atoms with Gasteiger partial charge in [-0.25, -0.2) is 0 Å².